The SMILES string of the molecule is O=C(COC(=O)Cn1ccc(=O)[nH]c1=O)Nc1ccc(SC(F)F)cc1. The van der Waals surface area contributed by atoms with Gasteiger partial charge in [0.25, 0.3) is 17.2 Å². The van der Waals surface area contributed by atoms with E-state index >= 15 is 0 Å². The normalized spacial score (nSPS) is 10.6. The maximum absolute atomic E-state index is 12.2. The first-order valence-electron chi connectivity index (χ1n) is 7.13. The number of amides is 1. The molecule has 26 heavy (non-hydrogen) atoms. The number of carbonyl (C=O) groups excluding carboxylic acids is 2. The predicted molar refractivity (Wildman–Crippen MR) is 89.2 cm³/mol. The second kappa shape index (κ2) is 8.94. The lowest BCUT2D eigenvalue weighted by atomic mass is 10.3. The number of esters is 1. The number of nitrogens with zero attached hydrogens (tertiary/aromatic N) is 1. The van der Waals surface area contributed by atoms with Gasteiger partial charge in [-0.2, -0.15) is 8.78 Å². The molecule has 0 aliphatic carbocycles. The van der Waals surface area contributed by atoms with E-state index in [0.29, 0.717) is 22.3 Å². The summed E-state index contributed by atoms with van der Waals surface area (Å²) in [6, 6.07) is 6.77. The third-order valence-electron chi connectivity index (χ3n) is 2.92. The fraction of sp³-hybridized carbons (Fsp3) is 0.200. The molecule has 11 heteroatoms. The van der Waals surface area contributed by atoms with E-state index in [9.17, 15) is 28.0 Å². The molecule has 0 saturated heterocycles. The number of nitrogens with one attached hydrogen (secondary N) is 2. The van der Waals surface area contributed by atoms with Crippen LogP contribution in [0.25, 0.3) is 0 Å². The summed E-state index contributed by atoms with van der Waals surface area (Å²) in [4.78, 5) is 48.0. The van der Waals surface area contributed by atoms with Gasteiger partial charge in [-0.25, -0.2) is 4.79 Å². The Kier molecular flexibility index (Phi) is 6.67. The van der Waals surface area contributed by atoms with E-state index in [-0.39, 0.29) is 0 Å². The zero-order valence-electron chi connectivity index (χ0n) is 13.1. The lowest BCUT2D eigenvalue weighted by molar-refractivity contribution is -0.148. The Hall–Kier alpha value is -2.95. The largest absolute Gasteiger partial charge is 0.454 e. The standard InChI is InChI=1S/C15H13F2N3O5S/c16-14(17)26-10-3-1-9(2-4-10)18-12(22)8-25-13(23)7-20-6-5-11(21)19-15(20)24/h1-6,14H,7-8H2,(H,18,22)(H,19,21,24). The van der Waals surface area contributed by atoms with Crippen molar-refractivity contribution in [3.8, 4) is 0 Å². The molecule has 0 spiro atoms. The van der Waals surface area contributed by atoms with Gasteiger partial charge in [0.1, 0.15) is 6.54 Å². The number of alkyl halides is 2. The van der Waals surface area contributed by atoms with Crippen LogP contribution in [-0.4, -0.2) is 33.8 Å². The molecule has 0 fully saturated rings. The molecule has 2 N–H and O–H groups in total. The van der Waals surface area contributed by atoms with Crippen LogP contribution in [0.5, 0.6) is 0 Å². The van der Waals surface area contributed by atoms with Crippen LogP contribution in [-0.2, 0) is 20.9 Å². The smallest absolute Gasteiger partial charge is 0.328 e. The Morgan fingerprint density at radius 2 is 1.88 bits per heavy atom. The highest BCUT2D eigenvalue weighted by molar-refractivity contribution is 7.99. The van der Waals surface area contributed by atoms with Crippen molar-refractivity contribution >= 4 is 29.3 Å². The number of ether oxygens (including phenoxy) is 1. The van der Waals surface area contributed by atoms with E-state index in [1.54, 1.807) is 0 Å². The molecule has 0 saturated carbocycles. The molecule has 138 valence electrons. The molecule has 0 atom stereocenters. The summed E-state index contributed by atoms with van der Waals surface area (Å²) in [5.74, 6) is -4.02. The molecule has 8 nitrogen and oxygen atoms in total. The van der Waals surface area contributed by atoms with Gasteiger partial charge in [0.05, 0.1) is 0 Å². The topological polar surface area (TPSA) is 110 Å². The summed E-state index contributed by atoms with van der Waals surface area (Å²) in [5, 5.41) is 2.43. The predicted octanol–water partition coefficient (Wildman–Crippen LogP) is 1.03. The minimum absolute atomic E-state index is 0.343. The highest BCUT2D eigenvalue weighted by Crippen LogP contribution is 2.26. The number of hydrogen-bond donors (Lipinski definition) is 2. The van der Waals surface area contributed by atoms with Crippen LogP contribution in [0, 0.1) is 0 Å². The molecule has 0 radical (unpaired) electrons. The third-order valence-corrected chi connectivity index (χ3v) is 3.65. The maximum Gasteiger partial charge on any atom is 0.328 e. The van der Waals surface area contributed by atoms with Crippen LogP contribution in [0.2, 0.25) is 0 Å². The average molecular weight is 385 g/mol. The van der Waals surface area contributed by atoms with Gasteiger partial charge in [-0.1, -0.05) is 11.8 Å². The Morgan fingerprint density at radius 3 is 2.50 bits per heavy atom. The number of halogens is 2. The minimum Gasteiger partial charge on any atom is -0.454 e. The van der Waals surface area contributed by atoms with Crippen LogP contribution in [0.4, 0.5) is 14.5 Å². The second-order valence-electron chi connectivity index (χ2n) is 4.85. The van der Waals surface area contributed by atoms with Gasteiger partial charge in [0, 0.05) is 22.8 Å². The minimum atomic E-state index is -2.54. The molecule has 0 aliphatic rings. The molecule has 1 aromatic carbocycles. The number of aromatic nitrogens is 2. The van der Waals surface area contributed by atoms with Gasteiger partial charge in [-0.15, -0.1) is 0 Å². The summed E-state index contributed by atoms with van der Waals surface area (Å²) in [5.41, 5.74) is -1.03. The van der Waals surface area contributed by atoms with Crippen LogP contribution >= 0.6 is 11.8 Å². The number of hydrogen-bond acceptors (Lipinski definition) is 6. The van der Waals surface area contributed by atoms with Gasteiger partial charge in [-0.3, -0.25) is 23.9 Å². The van der Waals surface area contributed by atoms with Crippen molar-refractivity contribution in [2.75, 3.05) is 11.9 Å². The molecular formula is C15H13F2N3O5S. The lowest BCUT2D eigenvalue weighted by Crippen LogP contribution is -2.32. The quantitative estimate of drug-likeness (QED) is 0.544. The lowest BCUT2D eigenvalue weighted by Gasteiger charge is -2.08. The summed E-state index contributed by atoms with van der Waals surface area (Å²) in [7, 11) is 0. The van der Waals surface area contributed by atoms with E-state index in [4.69, 9.17) is 4.74 Å². The first kappa shape index (κ1) is 19.4. The van der Waals surface area contributed by atoms with Crippen molar-refractivity contribution in [2.24, 2.45) is 0 Å². The third kappa shape index (κ3) is 6.16. The van der Waals surface area contributed by atoms with Crippen molar-refractivity contribution in [3.05, 3.63) is 57.4 Å². The van der Waals surface area contributed by atoms with Crippen molar-refractivity contribution in [3.63, 3.8) is 0 Å². The van der Waals surface area contributed by atoms with Gasteiger partial charge < -0.3 is 10.1 Å². The molecule has 2 rings (SSSR count). The zero-order valence-corrected chi connectivity index (χ0v) is 13.9. The van der Waals surface area contributed by atoms with Gasteiger partial charge >= 0.3 is 11.7 Å². The van der Waals surface area contributed by atoms with Gasteiger partial charge in [-0.05, 0) is 24.3 Å². The van der Waals surface area contributed by atoms with Crippen LogP contribution in [0.15, 0.2) is 51.0 Å². The Morgan fingerprint density at radius 1 is 1.19 bits per heavy atom. The van der Waals surface area contributed by atoms with Crippen molar-refractivity contribution in [2.45, 2.75) is 17.2 Å². The highest BCUT2D eigenvalue weighted by atomic mass is 32.2. The average Bonchev–Trinajstić information content (AvgIpc) is 2.57. The summed E-state index contributed by atoms with van der Waals surface area (Å²) >= 11 is 0.378. The number of H-pyrrole nitrogens is 1. The van der Waals surface area contributed by atoms with Crippen LogP contribution < -0.4 is 16.6 Å². The molecule has 2 aromatic rings. The monoisotopic (exact) mass is 385 g/mol. The van der Waals surface area contributed by atoms with E-state index in [1.807, 2.05) is 4.98 Å². The molecular weight excluding hydrogens is 372 g/mol. The highest BCUT2D eigenvalue weighted by Gasteiger charge is 2.10. The van der Waals surface area contributed by atoms with Crippen molar-refractivity contribution < 1.29 is 23.1 Å². The Bertz CT molecular complexity index is 895. The van der Waals surface area contributed by atoms with Crippen molar-refractivity contribution in [1.29, 1.82) is 0 Å². The van der Waals surface area contributed by atoms with Crippen LogP contribution in [0.3, 0.4) is 0 Å². The second-order valence-corrected chi connectivity index (χ2v) is 5.91. The fourth-order valence-corrected chi connectivity index (χ4v) is 2.32. The van der Waals surface area contributed by atoms with Crippen molar-refractivity contribution in [1.82, 2.24) is 9.55 Å². The zero-order chi connectivity index (χ0) is 19.1. The van der Waals surface area contributed by atoms with E-state index in [1.165, 1.54) is 24.3 Å². The molecule has 1 amide bonds. The first-order valence-corrected chi connectivity index (χ1v) is 8.01. The number of carbonyl (C=O) groups is 2. The first-order chi connectivity index (χ1) is 12.3. The molecule has 1 aromatic heterocycles. The summed E-state index contributed by atoms with van der Waals surface area (Å²) in [6.07, 6.45) is 1.13. The summed E-state index contributed by atoms with van der Waals surface area (Å²) < 4.78 is 30.1. The molecule has 1 heterocycles. The Labute approximate surface area is 149 Å². The molecule has 0 bridgehead atoms. The Balaban J connectivity index is 1.81. The number of benzene rings is 1. The fourth-order valence-electron chi connectivity index (χ4n) is 1.82. The number of rotatable bonds is 7. The number of aromatic amines is 1. The van der Waals surface area contributed by atoms with E-state index < -0.39 is 42.0 Å². The number of thioether (sulfide) groups is 1. The maximum atomic E-state index is 12.2. The summed E-state index contributed by atoms with van der Waals surface area (Å²) in [6.45, 7) is -1.06. The van der Waals surface area contributed by atoms with Gasteiger partial charge in [0.15, 0.2) is 6.61 Å². The van der Waals surface area contributed by atoms with Crippen LogP contribution in [0.1, 0.15) is 0 Å². The number of anilines is 1. The molecule has 0 aliphatic heterocycles. The van der Waals surface area contributed by atoms with Gasteiger partial charge in [0.2, 0.25) is 0 Å². The van der Waals surface area contributed by atoms with E-state index in [2.05, 4.69) is 5.32 Å². The molecule has 0 unspecified atom stereocenters. The van der Waals surface area contributed by atoms with E-state index in [0.717, 1.165) is 16.8 Å².